The number of rotatable bonds is 5. The number of nitrogens with zero attached hydrogens (tertiary/aromatic N) is 2. The second-order valence-corrected chi connectivity index (χ2v) is 6.87. The summed E-state index contributed by atoms with van der Waals surface area (Å²) in [4.78, 5) is 17.4. The number of benzene rings is 2. The molecule has 0 aliphatic carbocycles. The number of amides is 1. The Morgan fingerprint density at radius 2 is 1.84 bits per heavy atom. The number of carbonyl (C=O) groups excluding carboxylic acids is 1. The molecule has 0 bridgehead atoms. The van der Waals surface area contributed by atoms with Crippen molar-refractivity contribution in [2.45, 2.75) is 26.7 Å². The number of ether oxygens (including phenoxy) is 1. The Bertz CT molecular complexity index is 952. The summed E-state index contributed by atoms with van der Waals surface area (Å²) in [6.45, 7) is 4.72. The minimum absolute atomic E-state index is 0.137. The van der Waals surface area contributed by atoms with E-state index in [2.05, 4.69) is 30.1 Å². The third kappa shape index (κ3) is 3.99. The molecule has 0 N–H and O–H groups in total. The standard InChI is InChI=1S/C20H22N2O2S/c1-4-14-8-11-17-18(12-14)25-20(22(17)3)21-19(23)13-15-6-9-16(10-7-15)24-5-2/h6-12H,4-5,13H2,1-3H3. The van der Waals surface area contributed by atoms with Crippen LogP contribution in [0.15, 0.2) is 47.5 Å². The van der Waals surface area contributed by atoms with E-state index in [1.165, 1.54) is 5.56 Å². The van der Waals surface area contributed by atoms with E-state index >= 15 is 0 Å². The third-order valence-electron chi connectivity index (χ3n) is 4.09. The van der Waals surface area contributed by atoms with Gasteiger partial charge in [0.25, 0.3) is 5.91 Å². The van der Waals surface area contributed by atoms with Crippen LogP contribution < -0.4 is 9.54 Å². The van der Waals surface area contributed by atoms with Gasteiger partial charge < -0.3 is 9.30 Å². The van der Waals surface area contributed by atoms with Gasteiger partial charge in [-0.1, -0.05) is 36.5 Å². The smallest absolute Gasteiger partial charge is 0.252 e. The maximum atomic E-state index is 12.3. The van der Waals surface area contributed by atoms with E-state index in [-0.39, 0.29) is 5.91 Å². The molecule has 0 atom stereocenters. The topological polar surface area (TPSA) is 43.6 Å². The molecule has 130 valence electrons. The highest BCUT2D eigenvalue weighted by Gasteiger charge is 2.07. The minimum Gasteiger partial charge on any atom is -0.494 e. The average molecular weight is 354 g/mol. The van der Waals surface area contributed by atoms with Crippen molar-refractivity contribution in [2.75, 3.05) is 6.61 Å². The second-order valence-electron chi connectivity index (χ2n) is 5.86. The zero-order chi connectivity index (χ0) is 17.8. The Labute approximate surface area is 151 Å². The summed E-state index contributed by atoms with van der Waals surface area (Å²) in [5.74, 6) is 0.681. The van der Waals surface area contributed by atoms with Crippen molar-refractivity contribution in [1.82, 2.24) is 4.57 Å². The Morgan fingerprint density at radius 3 is 2.52 bits per heavy atom. The fourth-order valence-corrected chi connectivity index (χ4v) is 3.80. The van der Waals surface area contributed by atoms with Gasteiger partial charge in [0, 0.05) is 7.05 Å². The molecule has 2 aromatic carbocycles. The molecule has 1 amide bonds. The van der Waals surface area contributed by atoms with Crippen LogP contribution in [0.4, 0.5) is 0 Å². The van der Waals surface area contributed by atoms with E-state index in [4.69, 9.17) is 4.74 Å². The van der Waals surface area contributed by atoms with E-state index in [9.17, 15) is 4.79 Å². The zero-order valence-electron chi connectivity index (χ0n) is 14.8. The first kappa shape index (κ1) is 17.4. The molecule has 1 aromatic heterocycles. The first-order chi connectivity index (χ1) is 12.1. The predicted octanol–water partition coefficient (Wildman–Crippen LogP) is 3.87. The SMILES string of the molecule is CCOc1ccc(CC(=O)N=c2sc3cc(CC)ccc3n2C)cc1. The molecular weight excluding hydrogens is 332 g/mol. The summed E-state index contributed by atoms with van der Waals surface area (Å²) in [5.41, 5.74) is 3.34. The number of fused-ring (bicyclic) bond motifs is 1. The Morgan fingerprint density at radius 1 is 1.12 bits per heavy atom. The molecule has 0 spiro atoms. The number of hydrogen-bond acceptors (Lipinski definition) is 3. The number of aromatic nitrogens is 1. The van der Waals surface area contributed by atoms with Gasteiger partial charge >= 0.3 is 0 Å². The van der Waals surface area contributed by atoms with E-state index < -0.39 is 0 Å². The van der Waals surface area contributed by atoms with Crippen LogP contribution in [0.1, 0.15) is 25.0 Å². The van der Waals surface area contributed by atoms with Crippen molar-refractivity contribution < 1.29 is 9.53 Å². The Kier molecular flexibility index (Phi) is 5.34. The summed E-state index contributed by atoms with van der Waals surface area (Å²) in [6.07, 6.45) is 1.29. The fraction of sp³-hybridized carbons (Fsp3) is 0.300. The lowest BCUT2D eigenvalue weighted by Crippen LogP contribution is -2.14. The highest BCUT2D eigenvalue weighted by atomic mass is 32.1. The zero-order valence-corrected chi connectivity index (χ0v) is 15.6. The van der Waals surface area contributed by atoms with Crippen molar-refractivity contribution in [2.24, 2.45) is 12.0 Å². The molecule has 0 saturated heterocycles. The molecule has 0 aliphatic heterocycles. The van der Waals surface area contributed by atoms with E-state index in [1.54, 1.807) is 11.3 Å². The van der Waals surface area contributed by atoms with Gasteiger partial charge in [-0.25, -0.2) is 0 Å². The maximum absolute atomic E-state index is 12.3. The summed E-state index contributed by atoms with van der Waals surface area (Å²) in [5, 5.41) is 0. The highest BCUT2D eigenvalue weighted by molar-refractivity contribution is 7.16. The van der Waals surface area contributed by atoms with Crippen molar-refractivity contribution in [3.05, 3.63) is 58.4 Å². The molecule has 5 heteroatoms. The summed E-state index contributed by atoms with van der Waals surface area (Å²) >= 11 is 1.56. The third-order valence-corrected chi connectivity index (χ3v) is 5.19. The van der Waals surface area contributed by atoms with Crippen molar-refractivity contribution in [3.63, 3.8) is 0 Å². The summed E-state index contributed by atoms with van der Waals surface area (Å²) in [7, 11) is 1.95. The van der Waals surface area contributed by atoms with Crippen LogP contribution in [0.25, 0.3) is 10.2 Å². The van der Waals surface area contributed by atoms with Crippen LogP contribution >= 0.6 is 11.3 Å². The Hall–Kier alpha value is -2.40. The van der Waals surface area contributed by atoms with Gasteiger partial charge in [-0.3, -0.25) is 4.79 Å². The maximum Gasteiger partial charge on any atom is 0.252 e. The van der Waals surface area contributed by atoms with Gasteiger partial charge in [-0.2, -0.15) is 4.99 Å². The molecule has 3 aromatic rings. The number of thiazole rings is 1. The monoisotopic (exact) mass is 354 g/mol. The number of carbonyl (C=O) groups is 1. The van der Waals surface area contributed by atoms with Crippen LogP contribution in [0, 0.1) is 0 Å². The largest absolute Gasteiger partial charge is 0.494 e. The van der Waals surface area contributed by atoms with E-state index in [0.29, 0.717) is 13.0 Å². The first-order valence-electron chi connectivity index (χ1n) is 8.48. The number of hydrogen-bond donors (Lipinski definition) is 0. The molecule has 0 aliphatic rings. The lowest BCUT2D eigenvalue weighted by Gasteiger charge is -2.03. The van der Waals surface area contributed by atoms with Gasteiger partial charge in [0.2, 0.25) is 0 Å². The molecule has 1 heterocycles. The van der Waals surface area contributed by atoms with Gasteiger partial charge in [0.15, 0.2) is 4.80 Å². The van der Waals surface area contributed by atoms with E-state index in [1.807, 2.05) is 42.8 Å². The molecule has 3 rings (SSSR count). The van der Waals surface area contributed by atoms with Gasteiger partial charge in [-0.15, -0.1) is 0 Å². The number of aryl methyl sites for hydroxylation is 2. The minimum atomic E-state index is -0.137. The normalized spacial score (nSPS) is 11.9. The van der Waals surface area contributed by atoms with Crippen molar-refractivity contribution in [1.29, 1.82) is 0 Å². The van der Waals surface area contributed by atoms with Crippen LogP contribution in [-0.4, -0.2) is 17.1 Å². The molecule has 0 fully saturated rings. The van der Waals surface area contributed by atoms with Crippen molar-refractivity contribution in [3.8, 4) is 5.75 Å². The first-order valence-corrected chi connectivity index (χ1v) is 9.30. The van der Waals surface area contributed by atoms with Crippen molar-refractivity contribution >= 4 is 27.5 Å². The van der Waals surface area contributed by atoms with Gasteiger partial charge in [0.1, 0.15) is 5.75 Å². The second kappa shape index (κ2) is 7.66. The van der Waals surface area contributed by atoms with Crippen LogP contribution in [-0.2, 0) is 24.7 Å². The lowest BCUT2D eigenvalue weighted by molar-refractivity contribution is -0.117. The summed E-state index contributed by atoms with van der Waals surface area (Å²) in [6, 6.07) is 14.0. The van der Waals surface area contributed by atoms with Crippen LogP contribution in [0.3, 0.4) is 0 Å². The lowest BCUT2D eigenvalue weighted by atomic mass is 10.1. The van der Waals surface area contributed by atoms with Gasteiger partial charge in [-0.05, 0) is 48.7 Å². The van der Waals surface area contributed by atoms with E-state index in [0.717, 1.165) is 32.8 Å². The quantitative estimate of drug-likeness (QED) is 0.698. The van der Waals surface area contributed by atoms with Crippen LogP contribution in [0.2, 0.25) is 0 Å². The fourth-order valence-electron chi connectivity index (χ4n) is 2.70. The highest BCUT2D eigenvalue weighted by Crippen LogP contribution is 2.19. The molecule has 0 unspecified atom stereocenters. The summed E-state index contributed by atoms with van der Waals surface area (Å²) < 4.78 is 8.56. The molecular formula is C20H22N2O2S. The predicted molar refractivity (Wildman–Crippen MR) is 102 cm³/mol. The average Bonchev–Trinajstić information content (AvgIpc) is 2.92. The van der Waals surface area contributed by atoms with Crippen LogP contribution in [0.5, 0.6) is 5.75 Å². The Balaban J connectivity index is 1.83. The van der Waals surface area contributed by atoms with Gasteiger partial charge in [0.05, 0.1) is 23.2 Å². The molecule has 0 radical (unpaired) electrons. The molecule has 0 saturated carbocycles. The molecule has 4 nitrogen and oxygen atoms in total. The molecule has 25 heavy (non-hydrogen) atoms.